The normalized spacial score (nSPS) is 22.3. The standard InChI is InChI=1S/C43H53N7O3.C33H37N7O3/c1-3-35(51)23-33-22-32(9-10-37(33)53-36-7-5-4-6-8-36)39-38-40(44)46-27-47-41(38)50(48-39)34-12-16-49(17-13-34)18-15-45-42(52)28(2)11-14-43-24-29-19-30(25-43)21-31(20-29)26-43;1-3-27(42)20-24-19-23(9-14-29(24)43-28-7-5-4-6-8-28)31-30-32(34)35-21-36-33(30)40(37-31)26-12-10-25(11-13-26)39-17-15-38(16-18-39)22(2)41/h3-10,22,27-31,34H,1,11-21,23-26H2,2H3,(H,45,52)(H2,44,46,47);3-9,14,19,21,25-26H,1,10-13,15-18,20H2,2H3,(H2,34,35,36)/t28-,29?,30?,31?,43?;/m1./s1. The molecule has 1 atom stereocenters. The van der Waals surface area contributed by atoms with Gasteiger partial charge in [0.1, 0.15) is 58.7 Å². The first-order valence-corrected chi connectivity index (χ1v) is 34.7. The minimum Gasteiger partial charge on any atom is -0.457 e. The lowest BCUT2D eigenvalue weighted by Gasteiger charge is -2.57. The van der Waals surface area contributed by atoms with Crippen LogP contribution in [0.2, 0.25) is 0 Å². The van der Waals surface area contributed by atoms with Crippen LogP contribution < -0.4 is 26.3 Å². The SMILES string of the molecule is C=CC(=O)Cc1cc(-c2nn(C3CCC(N4CCN(C(C)=O)CC4)CC3)c3ncnc(N)c23)ccc1Oc1ccccc1.C=CC(=O)Cc1cc(-c2nn(C3CCN(CCNC(=O)[C@H](C)CCC45CC6CC(CC(C6)C4)C5)CC3)c3ncnc(N)c23)ccc1Oc1ccccc1. The Balaban J connectivity index is 0.000000178. The fourth-order valence-corrected chi connectivity index (χ4v) is 16.8. The van der Waals surface area contributed by atoms with Gasteiger partial charge in [-0.1, -0.05) is 56.5 Å². The number of fused-ring (bicyclic) bond motifs is 2. The number of nitrogen functional groups attached to an aromatic ring is 2. The molecule has 7 aliphatic rings. The topological polar surface area (TPSA) is 248 Å². The third-order valence-corrected chi connectivity index (χ3v) is 21.5. The van der Waals surface area contributed by atoms with Crippen molar-refractivity contribution in [3.05, 3.63) is 146 Å². The zero-order valence-corrected chi connectivity index (χ0v) is 55.5. The number of benzene rings is 4. The summed E-state index contributed by atoms with van der Waals surface area (Å²) < 4.78 is 16.4. The molecule has 0 spiro atoms. The number of carbonyl (C=O) groups excluding carboxylic acids is 4. The number of hydrogen-bond donors (Lipinski definition) is 3. The van der Waals surface area contributed by atoms with Gasteiger partial charge in [0, 0.05) is 106 Å². The molecule has 4 bridgehead atoms. The van der Waals surface area contributed by atoms with E-state index in [4.69, 9.17) is 31.1 Å². The number of hydrogen-bond acceptors (Lipinski definition) is 16. The first kappa shape index (κ1) is 65.5. The van der Waals surface area contributed by atoms with E-state index in [9.17, 15) is 19.2 Å². The van der Waals surface area contributed by atoms with Gasteiger partial charge in [-0.25, -0.2) is 29.3 Å². The van der Waals surface area contributed by atoms with E-state index in [1.54, 1.807) is 6.92 Å². The predicted octanol–water partition coefficient (Wildman–Crippen LogP) is 12.4. The number of nitrogens with one attached hydrogen (secondary N) is 1. The Hall–Kier alpha value is -9.14. The fourth-order valence-electron chi connectivity index (χ4n) is 16.8. The van der Waals surface area contributed by atoms with Crippen molar-refractivity contribution >= 4 is 57.1 Å². The van der Waals surface area contributed by atoms with E-state index in [1.807, 2.05) is 111 Å². The minimum atomic E-state index is -0.105. The number of nitrogens with two attached hydrogens (primary N) is 2. The van der Waals surface area contributed by atoms with Gasteiger partial charge in [-0.05, 0) is 186 Å². The summed E-state index contributed by atoms with van der Waals surface area (Å²) >= 11 is 0. The van der Waals surface area contributed by atoms with Gasteiger partial charge in [-0.15, -0.1) is 0 Å². The molecule has 5 aliphatic carbocycles. The third-order valence-electron chi connectivity index (χ3n) is 21.5. The molecule has 4 aromatic carbocycles. The highest BCUT2D eigenvalue weighted by molar-refractivity contribution is 6.00. The quantitative estimate of drug-likeness (QED) is 0.0534. The summed E-state index contributed by atoms with van der Waals surface area (Å²) in [4.78, 5) is 74.6. The van der Waals surface area contributed by atoms with Crippen molar-refractivity contribution in [2.75, 3.05) is 63.8 Å². The Bertz CT molecular complexity index is 4090. The number of para-hydroxylation sites is 2. The van der Waals surface area contributed by atoms with E-state index in [2.05, 4.69) is 55.1 Å². The van der Waals surface area contributed by atoms with E-state index in [0.717, 1.165) is 131 Å². The van der Waals surface area contributed by atoms with Gasteiger partial charge in [-0.2, -0.15) is 10.2 Å². The number of piperazine rings is 1. The molecule has 2 aliphatic heterocycles. The molecular formula is C76H90N14O6. The molecule has 500 valence electrons. The van der Waals surface area contributed by atoms with E-state index in [1.165, 1.54) is 69.8 Å². The van der Waals surface area contributed by atoms with Gasteiger partial charge < -0.3 is 36.1 Å². The molecule has 2 amide bonds. The lowest BCUT2D eigenvalue weighted by Crippen LogP contribution is -2.52. The number of allylic oxidation sites excluding steroid dienone is 2. The van der Waals surface area contributed by atoms with Crippen LogP contribution in [0.5, 0.6) is 23.0 Å². The van der Waals surface area contributed by atoms with Gasteiger partial charge in [-0.3, -0.25) is 24.1 Å². The van der Waals surface area contributed by atoms with Crippen LogP contribution in [0.4, 0.5) is 11.6 Å². The maximum absolute atomic E-state index is 13.1. The van der Waals surface area contributed by atoms with Crippen LogP contribution >= 0.6 is 0 Å². The van der Waals surface area contributed by atoms with Gasteiger partial charge in [0.2, 0.25) is 11.8 Å². The van der Waals surface area contributed by atoms with Crippen LogP contribution in [0, 0.1) is 29.1 Å². The number of rotatable bonds is 22. The summed E-state index contributed by atoms with van der Waals surface area (Å²) in [5, 5.41) is 14.9. The van der Waals surface area contributed by atoms with Crippen LogP contribution in [-0.4, -0.2) is 136 Å². The van der Waals surface area contributed by atoms with Crippen molar-refractivity contribution in [3.8, 4) is 45.5 Å². The number of carbonyl (C=O) groups is 4. The Morgan fingerprint density at radius 2 is 1.08 bits per heavy atom. The second kappa shape index (κ2) is 29.1. The van der Waals surface area contributed by atoms with Gasteiger partial charge >= 0.3 is 0 Å². The fraction of sp³-hybridized carbons (Fsp3) is 0.447. The molecule has 20 nitrogen and oxygen atoms in total. The first-order chi connectivity index (χ1) is 46.7. The van der Waals surface area contributed by atoms with Crippen LogP contribution in [0.1, 0.15) is 127 Å². The van der Waals surface area contributed by atoms with Crippen molar-refractivity contribution < 1.29 is 28.7 Å². The molecule has 8 aromatic rings. The highest BCUT2D eigenvalue weighted by atomic mass is 16.5. The zero-order valence-electron chi connectivity index (χ0n) is 55.5. The summed E-state index contributed by atoms with van der Waals surface area (Å²) in [6.45, 7) is 17.8. The van der Waals surface area contributed by atoms with Crippen molar-refractivity contribution in [1.82, 2.24) is 59.5 Å². The second-order valence-corrected chi connectivity index (χ2v) is 27.9. The minimum absolute atomic E-state index is 0.0663. The Labute approximate surface area is 561 Å². The van der Waals surface area contributed by atoms with Crippen molar-refractivity contribution in [2.24, 2.45) is 29.1 Å². The number of piperidine rings is 1. The van der Waals surface area contributed by atoms with E-state index in [-0.39, 0.29) is 54.2 Å². The largest absolute Gasteiger partial charge is 0.457 e. The Morgan fingerprint density at radius 1 is 0.615 bits per heavy atom. The number of nitrogens with zero attached hydrogens (tertiary/aromatic N) is 11. The molecule has 0 radical (unpaired) electrons. The van der Waals surface area contributed by atoms with E-state index in [0.29, 0.717) is 86.1 Å². The molecule has 4 aromatic heterocycles. The second-order valence-electron chi connectivity index (χ2n) is 27.9. The van der Waals surface area contributed by atoms with Crippen LogP contribution in [0.3, 0.4) is 0 Å². The molecule has 2 saturated heterocycles. The number of amides is 2. The summed E-state index contributed by atoms with van der Waals surface area (Å²) in [7, 11) is 0. The van der Waals surface area contributed by atoms with Crippen LogP contribution in [0.25, 0.3) is 44.6 Å². The Kier molecular flexibility index (Phi) is 19.8. The monoisotopic (exact) mass is 1290 g/mol. The number of likely N-dealkylation sites (tertiary alicyclic amines) is 1. The first-order valence-electron chi connectivity index (χ1n) is 34.7. The number of ether oxygens (including phenoxy) is 2. The average Bonchev–Trinajstić information content (AvgIpc) is 1.12. The molecule has 96 heavy (non-hydrogen) atoms. The molecular weight excluding hydrogens is 1200 g/mol. The molecule has 7 fully saturated rings. The van der Waals surface area contributed by atoms with E-state index < -0.39 is 0 Å². The van der Waals surface area contributed by atoms with Gasteiger partial charge in [0.25, 0.3) is 0 Å². The lowest BCUT2D eigenvalue weighted by atomic mass is 9.48. The highest BCUT2D eigenvalue weighted by Crippen LogP contribution is 2.62. The summed E-state index contributed by atoms with van der Waals surface area (Å²) in [5.41, 5.74) is 19.3. The van der Waals surface area contributed by atoms with Gasteiger partial charge in [0.15, 0.2) is 22.9 Å². The third kappa shape index (κ3) is 14.6. The number of anilines is 2. The highest BCUT2D eigenvalue weighted by Gasteiger charge is 2.50. The number of ketones is 2. The summed E-state index contributed by atoms with van der Waals surface area (Å²) in [5.74, 6) is 6.40. The van der Waals surface area contributed by atoms with Crippen LogP contribution in [0.15, 0.2) is 135 Å². The van der Waals surface area contributed by atoms with Gasteiger partial charge in [0.05, 0.1) is 22.9 Å². The van der Waals surface area contributed by atoms with E-state index >= 15 is 0 Å². The predicted molar refractivity (Wildman–Crippen MR) is 373 cm³/mol. The van der Waals surface area contributed by atoms with Crippen molar-refractivity contribution in [2.45, 2.75) is 135 Å². The summed E-state index contributed by atoms with van der Waals surface area (Å²) in [6, 6.07) is 31.3. The number of aromatic nitrogens is 8. The maximum Gasteiger partial charge on any atom is 0.222 e. The smallest absolute Gasteiger partial charge is 0.222 e. The molecule has 5 saturated carbocycles. The lowest BCUT2D eigenvalue weighted by molar-refractivity contribution is -0.131. The molecule has 6 heterocycles. The van der Waals surface area contributed by atoms with Crippen LogP contribution in [-0.2, 0) is 32.0 Å². The molecule has 5 N–H and O–H groups in total. The molecule has 0 unspecified atom stereocenters. The maximum atomic E-state index is 13.1. The van der Waals surface area contributed by atoms with Crippen molar-refractivity contribution in [3.63, 3.8) is 0 Å². The molecule has 15 rings (SSSR count). The zero-order chi connectivity index (χ0) is 66.5. The summed E-state index contributed by atoms with van der Waals surface area (Å²) in [6.07, 6.45) is 22.7. The van der Waals surface area contributed by atoms with Crippen molar-refractivity contribution in [1.29, 1.82) is 0 Å². The molecule has 20 heteroatoms. The Morgan fingerprint density at radius 3 is 1.55 bits per heavy atom. The average molecular weight is 1300 g/mol.